The smallest absolute Gasteiger partial charge is 0.0739 e. The van der Waals surface area contributed by atoms with Gasteiger partial charge >= 0.3 is 0 Å². The van der Waals surface area contributed by atoms with Crippen LogP contribution < -0.4 is 5.73 Å². The minimum absolute atomic E-state index is 0.801. The summed E-state index contributed by atoms with van der Waals surface area (Å²) < 4.78 is 4.13. The van der Waals surface area contributed by atoms with E-state index in [1.165, 1.54) is 5.69 Å². The highest BCUT2D eigenvalue weighted by Gasteiger charge is 2.12. The number of nitrogen functional groups attached to an aromatic ring is 1. The molecule has 2 rings (SSSR count). The molecule has 0 spiro atoms. The van der Waals surface area contributed by atoms with Crippen molar-refractivity contribution in [2.24, 2.45) is 0 Å². The Hall–Kier alpha value is -0.460. The number of benzene rings is 1. The van der Waals surface area contributed by atoms with Crippen molar-refractivity contribution in [1.82, 2.24) is 9.78 Å². The molecule has 0 unspecified atom stereocenters. The van der Waals surface area contributed by atoms with Gasteiger partial charge in [-0.15, -0.1) is 11.8 Å². The lowest BCUT2D eigenvalue weighted by atomic mass is 10.3. The summed E-state index contributed by atoms with van der Waals surface area (Å²) in [5.74, 6) is 0.848. The van der Waals surface area contributed by atoms with Crippen molar-refractivity contribution < 1.29 is 0 Å². The monoisotopic (exact) mass is 403 g/mol. The Balaban J connectivity index is 2.18. The summed E-state index contributed by atoms with van der Waals surface area (Å²) in [4.78, 5) is 1.09. The summed E-state index contributed by atoms with van der Waals surface area (Å²) in [6.45, 7) is 4.98. The topological polar surface area (TPSA) is 43.8 Å². The molecule has 0 radical (unpaired) electrons. The van der Waals surface area contributed by atoms with Crippen LogP contribution >= 0.6 is 43.6 Å². The van der Waals surface area contributed by atoms with Gasteiger partial charge in [-0.25, -0.2) is 0 Å². The molecule has 1 heterocycles. The molecule has 1 aromatic carbocycles. The highest BCUT2D eigenvalue weighted by atomic mass is 79.9. The van der Waals surface area contributed by atoms with Gasteiger partial charge in [-0.2, -0.15) is 5.10 Å². The van der Waals surface area contributed by atoms with Crippen LogP contribution in [0.3, 0.4) is 0 Å². The van der Waals surface area contributed by atoms with Crippen LogP contribution in [0.4, 0.5) is 5.69 Å². The molecule has 0 saturated carbocycles. The highest BCUT2D eigenvalue weighted by molar-refractivity contribution is 9.10. The average molecular weight is 405 g/mol. The zero-order chi connectivity index (χ0) is 14.0. The summed E-state index contributed by atoms with van der Waals surface area (Å²) >= 11 is 8.76. The quantitative estimate of drug-likeness (QED) is 0.597. The Kier molecular flexibility index (Phi) is 4.97. The third-order valence-corrected chi connectivity index (χ3v) is 5.41. The maximum Gasteiger partial charge on any atom is 0.0739 e. The molecule has 6 heteroatoms. The SMILES string of the molecule is CCn1nc(C)c(Br)c1CSc1ccc(Br)cc1N. The Bertz CT molecular complexity index is 596. The van der Waals surface area contributed by atoms with E-state index in [0.717, 1.165) is 37.5 Å². The number of hydrogen-bond acceptors (Lipinski definition) is 3. The molecule has 3 nitrogen and oxygen atoms in total. The van der Waals surface area contributed by atoms with Crippen molar-refractivity contribution in [3.63, 3.8) is 0 Å². The molecular weight excluding hydrogens is 390 g/mol. The lowest BCUT2D eigenvalue weighted by molar-refractivity contribution is 0.631. The van der Waals surface area contributed by atoms with E-state index in [2.05, 4.69) is 43.9 Å². The maximum atomic E-state index is 6.01. The van der Waals surface area contributed by atoms with E-state index >= 15 is 0 Å². The fourth-order valence-corrected chi connectivity index (χ4v) is 3.77. The summed E-state index contributed by atoms with van der Waals surface area (Å²) in [6, 6.07) is 5.98. The van der Waals surface area contributed by atoms with Crippen molar-refractivity contribution in [3.8, 4) is 0 Å². The van der Waals surface area contributed by atoms with Crippen LogP contribution in [0.15, 0.2) is 32.0 Å². The Morgan fingerprint density at radius 2 is 2.11 bits per heavy atom. The third kappa shape index (κ3) is 3.35. The fraction of sp³-hybridized carbons (Fsp3) is 0.308. The first kappa shape index (κ1) is 14.9. The fourth-order valence-electron chi connectivity index (χ4n) is 1.80. The number of aromatic nitrogens is 2. The lowest BCUT2D eigenvalue weighted by Crippen LogP contribution is -2.02. The Morgan fingerprint density at radius 1 is 1.37 bits per heavy atom. The minimum Gasteiger partial charge on any atom is -0.398 e. The van der Waals surface area contributed by atoms with Crippen molar-refractivity contribution in [3.05, 3.63) is 38.5 Å². The molecule has 0 aliphatic rings. The van der Waals surface area contributed by atoms with Gasteiger partial charge in [0.1, 0.15) is 0 Å². The highest BCUT2D eigenvalue weighted by Crippen LogP contribution is 2.33. The molecule has 2 aromatic rings. The molecule has 0 aliphatic carbocycles. The van der Waals surface area contributed by atoms with Crippen LogP contribution in [0.5, 0.6) is 0 Å². The van der Waals surface area contributed by atoms with Crippen molar-refractivity contribution in [2.45, 2.75) is 31.0 Å². The molecule has 2 N–H and O–H groups in total. The van der Waals surface area contributed by atoms with Gasteiger partial charge in [-0.05, 0) is 48.0 Å². The normalized spacial score (nSPS) is 10.9. The average Bonchev–Trinajstić information content (AvgIpc) is 2.65. The molecule has 0 atom stereocenters. The van der Waals surface area contributed by atoms with Gasteiger partial charge in [-0.3, -0.25) is 4.68 Å². The van der Waals surface area contributed by atoms with Crippen LogP contribution in [0.1, 0.15) is 18.3 Å². The number of nitrogens with two attached hydrogens (primary N) is 1. The largest absolute Gasteiger partial charge is 0.398 e. The van der Waals surface area contributed by atoms with Gasteiger partial charge in [0, 0.05) is 27.4 Å². The van der Waals surface area contributed by atoms with Crippen molar-refractivity contribution in [2.75, 3.05) is 5.73 Å². The van der Waals surface area contributed by atoms with Crippen LogP contribution in [0.2, 0.25) is 0 Å². The second-order valence-corrected chi connectivity index (χ2v) is 6.86. The van der Waals surface area contributed by atoms with E-state index in [1.807, 2.05) is 29.8 Å². The van der Waals surface area contributed by atoms with Gasteiger partial charge in [0.05, 0.1) is 15.9 Å². The number of halogens is 2. The molecule has 0 amide bonds. The second kappa shape index (κ2) is 6.33. The van der Waals surface area contributed by atoms with Crippen LogP contribution in [-0.2, 0) is 12.3 Å². The number of rotatable bonds is 4. The molecule has 0 saturated heterocycles. The molecular formula is C13H15Br2N3S. The first-order valence-electron chi connectivity index (χ1n) is 5.92. The second-order valence-electron chi connectivity index (χ2n) is 4.13. The molecule has 19 heavy (non-hydrogen) atoms. The first-order chi connectivity index (χ1) is 9.02. The van der Waals surface area contributed by atoms with Crippen LogP contribution in [0, 0.1) is 6.92 Å². The standard InChI is InChI=1S/C13H15Br2N3S/c1-3-18-11(13(15)8(2)17-18)7-19-12-5-4-9(14)6-10(12)16/h4-6H,3,7,16H2,1-2H3. The van der Waals surface area contributed by atoms with Gasteiger partial charge < -0.3 is 5.73 Å². The summed E-state index contributed by atoms with van der Waals surface area (Å²) in [7, 11) is 0. The number of hydrogen-bond donors (Lipinski definition) is 1. The summed E-state index contributed by atoms with van der Waals surface area (Å²) in [5.41, 5.74) is 9.05. The predicted octanol–water partition coefficient (Wildman–Crippen LogP) is 4.61. The maximum absolute atomic E-state index is 6.01. The summed E-state index contributed by atoms with van der Waals surface area (Å²) in [5, 5.41) is 4.50. The molecule has 102 valence electrons. The Morgan fingerprint density at radius 3 is 2.74 bits per heavy atom. The molecule has 0 fully saturated rings. The first-order valence-corrected chi connectivity index (χ1v) is 8.49. The minimum atomic E-state index is 0.801. The Labute approximate surface area is 134 Å². The zero-order valence-corrected chi connectivity index (χ0v) is 14.8. The van der Waals surface area contributed by atoms with E-state index in [1.54, 1.807) is 11.8 Å². The van der Waals surface area contributed by atoms with Gasteiger partial charge in [-0.1, -0.05) is 15.9 Å². The van der Waals surface area contributed by atoms with E-state index in [4.69, 9.17) is 5.73 Å². The van der Waals surface area contributed by atoms with Gasteiger partial charge in [0.25, 0.3) is 0 Å². The van der Waals surface area contributed by atoms with E-state index in [9.17, 15) is 0 Å². The number of thioether (sulfide) groups is 1. The van der Waals surface area contributed by atoms with Crippen molar-refractivity contribution in [1.29, 1.82) is 0 Å². The van der Waals surface area contributed by atoms with Gasteiger partial charge in [0.15, 0.2) is 0 Å². The van der Waals surface area contributed by atoms with E-state index < -0.39 is 0 Å². The zero-order valence-electron chi connectivity index (χ0n) is 10.8. The predicted molar refractivity (Wildman–Crippen MR) is 88.5 cm³/mol. The summed E-state index contributed by atoms with van der Waals surface area (Å²) in [6.07, 6.45) is 0. The number of nitrogens with zero attached hydrogens (tertiary/aromatic N) is 2. The third-order valence-electron chi connectivity index (χ3n) is 2.79. The van der Waals surface area contributed by atoms with Gasteiger partial charge in [0.2, 0.25) is 0 Å². The van der Waals surface area contributed by atoms with Crippen molar-refractivity contribution >= 4 is 49.3 Å². The molecule has 1 aromatic heterocycles. The lowest BCUT2D eigenvalue weighted by Gasteiger charge is -2.08. The van der Waals surface area contributed by atoms with E-state index in [0.29, 0.717) is 0 Å². The molecule has 0 bridgehead atoms. The molecule has 0 aliphatic heterocycles. The van der Waals surface area contributed by atoms with Crippen LogP contribution in [0.25, 0.3) is 0 Å². The van der Waals surface area contributed by atoms with Crippen LogP contribution in [-0.4, -0.2) is 9.78 Å². The van der Waals surface area contributed by atoms with E-state index in [-0.39, 0.29) is 0 Å². The number of anilines is 1. The number of aryl methyl sites for hydroxylation is 2.